The van der Waals surface area contributed by atoms with E-state index in [0.717, 1.165) is 5.56 Å². The molecule has 0 radical (unpaired) electrons. The molecule has 5 nitrogen and oxygen atoms in total. The standard InChI is InChI=1S/C14H9ClN4O/c1-20-12-3-2-10(15)7-11(12)14-18-17-13-6-9(8-16)4-5-19(13)14/h2-7H,1H3. The molecule has 20 heavy (non-hydrogen) atoms. The molecule has 2 aromatic heterocycles. The third-order valence-electron chi connectivity index (χ3n) is 2.94. The van der Waals surface area contributed by atoms with Crippen molar-refractivity contribution < 1.29 is 4.74 Å². The SMILES string of the molecule is COc1ccc(Cl)cc1-c1nnc2cc(C#N)ccn12. The lowest BCUT2D eigenvalue weighted by molar-refractivity contribution is 0.416. The van der Waals surface area contributed by atoms with Gasteiger partial charge < -0.3 is 4.74 Å². The largest absolute Gasteiger partial charge is 0.496 e. The zero-order valence-electron chi connectivity index (χ0n) is 10.5. The Morgan fingerprint density at radius 1 is 1.25 bits per heavy atom. The minimum atomic E-state index is 0.537. The third-order valence-corrected chi connectivity index (χ3v) is 3.18. The van der Waals surface area contributed by atoms with Crippen LogP contribution in [0, 0.1) is 11.3 Å². The van der Waals surface area contributed by atoms with Crippen molar-refractivity contribution in [3.63, 3.8) is 0 Å². The van der Waals surface area contributed by atoms with Gasteiger partial charge in [0, 0.05) is 17.3 Å². The van der Waals surface area contributed by atoms with Crippen LogP contribution in [0.25, 0.3) is 17.0 Å². The Balaban J connectivity index is 2.25. The minimum absolute atomic E-state index is 0.537. The van der Waals surface area contributed by atoms with Crippen LogP contribution in [0.2, 0.25) is 5.02 Å². The molecule has 6 heteroatoms. The highest BCUT2D eigenvalue weighted by Crippen LogP contribution is 2.31. The number of fused-ring (bicyclic) bond motifs is 1. The van der Waals surface area contributed by atoms with Crippen LogP contribution in [-0.4, -0.2) is 21.7 Å². The highest BCUT2D eigenvalue weighted by molar-refractivity contribution is 6.30. The maximum absolute atomic E-state index is 8.89. The van der Waals surface area contributed by atoms with E-state index in [1.54, 1.807) is 48.0 Å². The van der Waals surface area contributed by atoms with Crippen molar-refractivity contribution in [3.05, 3.63) is 47.1 Å². The van der Waals surface area contributed by atoms with Gasteiger partial charge in [-0.05, 0) is 24.3 Å². The number of aromatic nitrogens is 3. The summed E-state index contributed by atoms with van der Waals surface area (Å²) < 4.78 is 7.11. The van der Waals surface area contributed by atoms with Crippen LogP contribution in [0.1, 0.15) is 5.56 Å². The Kier molecular flexibility index (Phi) is 3.01. The first-order valence-electron chi connectivity index (χ1n) is 5.81. The number of rotatable bonds is 2. The van der Waals surface area contributed by atoms with Crippen LogP contribution in [0.4, 0.5) is 0 Å². The van der Waals surface area contributed by atoms with Gasteiger partial charge in [0.05, 0.1) is 24.3 Å². The maximum atomic E-state index is 8.89. The average Bonchev–Trinajstić information content (AvgIpc) is 2.89. The predicted molar refractivity (Wildman–Crippen MR) is 74.7 cm³/mol. The van der Waals surface area contributed by atoms with E-state index in [-0.39, 0.29) is 0 Å². The van der Waals surface area contributed by atoms with E-state index in [1.807, 2.05) is 0 Å². The minimum Gasteiger partial charge on any atom is -0.496 e. The highest BCUT2D eigenvalue weighted by Gasteiger charge is 2.13. The molecule has 0 saturated carbocycles. The first-order valence-corrected chi connectivity index (χ1v) is 6.19. The zero-order valence-corrected chi connectivity index (χ0v) is 11.3. The molecule has 98 valence electrons. The number of nitriles is 1. The van der Waals surface area contributed by atoms with E-state index in [0.29, 0.717) is 27.8 Å². The second-order valence-electron chi connectivity index (χ2n) is 4.12. The van der Waals surface area contributed by atoms with Gasteiger partial charge in [-0.3, -0.25) is 4.40 Å². The smallest absolute Gasteiger partial charge is 0.172 e. The lowest BCUT2D eigenvalue weighted by Crippen LogP contribution is -1.93. The number of benzene rings is 1. The summed E-state index contributed by atoms with van der Waals surface area (Å²) in [5, 5.41) is 17.7. The molecule has 0 bridgehead atoms. The molecular formula is C14H9ClN4O. The van der Waals surface area contributed by atoms with Crippen LogP contribution >= 0.6 is 11.6 Å². The van der Waals surface area contributed by atoms with Crippen molar-refractivity contribution in [2.24, 2.45) is 0 Å². The van der Waals surface area contributed by atoms with Crippen LogP contribution in [0.3, 0.4) is 0 Å². The molecule has 0 atom stereocenters. The van der Waals surface area contributed by atoms with Crippen molar-refractivity contribution in [1.82, 2.24) is 14.6 Å². The van der Waals surface area contributed by atoms with Crippen molar-refractivity contribution in [2.75, 3.05) is 7.11 Å². The van der Waals surface area contributed by atoms with E-state index in [1.165, 1.54) is 0 Å². The van der Waals surface area contributed by atoms with Gasteiger partial charge in [0.15, 0.2) is 11.5 Å². The monoisotopic (exact) mass is 284 g/mol. The van der Waals surface area contributed by atoms with Gasteiger partial charge in [-0.15, -0.1) is 10.2 Å². The fourth-order valence-electron chi connectivity index (χ4n) is 2.00. The Morgan fingerprint density at radius 2 is 2.10 bits per heavy atom. The topological polar surface area (TPSA) is 63.2 Å². The molecule has 0 spiro atoms. The van der Waals surface area contributed by atoms with Crippen LogP contribution < -0.4 is 4.74 Å². The van der Waals surface area contributed by atoms with Crippen LogP contribution in [0.15, 0.2) is 36.5 Å². The molecule has 3 rings (SSSR count). The van der Waals surface area contributed by atoms with E-state index >= 15 is 0 Å². The van der Waals surface area contributed by atoms with Crippen LogP contribution in [-0.2, 0) is 0 Å². The van der Waals surface area contributed by atoms with Gasteiger partial charge in [0.25, 0.3) is 0 Å². The maximum Gasteiger partial charge on any atom is 0.172 e. The summed E-state index contributed by atoms with van der Waals surface area (Å²) in [7, 11) is 1.59. The summed E-state index contributed by atoms with van der Waals surface area (Å²) in [6, 6.07) is 10.8. The molecule has 0 aliphatic heterocycles. The van der Waals surface area contributed by atoms with Gasteiger partial charge in [0.1, 0.15) is 5.75 Å². The Hall–Kier alpha value is -2.58. The lowest BCUT2D eigenvalue weighted by atomic mass is 10.2. The lowest BCUT2D eigenvalue weighted by Gasteiger charge is -2.07. The second kappa shape index (κ2) is 4.83. The molecule has 0 amide bonds. The summed E-state index contributed by atoms with van der Waals surface area (Å²) in [5.41, 5.74) is 1.88. The molecule has 0 N–H and O–H groups in total. The first-order chi connectivity index (χ1) is 9.72. The molecule has 0 fully saturated rings. The molecule has 3 aromatic rings. The zero-order chi connectivity index (χ0) is 14.1. The Bertz CT molecular complexity index is 835. The third kappa shape index (κ3) is 1.96. The number of pyridine rings is 1. The summed E-state index contributed by atoms with van der Waals surface area (Å²) in [6.07, 6.45) is 1.75. The molecule has 0 aliphatic carbocycles. The number of hydrogen-bond donors (Lipinski definition) is 0. The van der Waals surface area contributed by atoms with Gasteiger partial charge in [0.2, 0.25) is 0 Å². The van der Waals surface area contributed by atoms with Gasteiger partial charge in [-0.25, -0.2) is 0 Å². The van der Waals surface area contributed by atoms with Crippen molar-refractivity contribution >= 4 is 17.2 Å². The van der Waals surface area contributed by atoms with Gasteiger partial charge >= 0.3 is 0 Å². The highest BCUT2D eigenvalue weighted by atomic mass is 35.5. The molecule has 0 saturated heterocycles. The van der Waals surface area contributed by atoms with Crippen molar-refractivity contribution in [3.8, 4) is 23.2 Å². The number of hydrogen-bond acceptors (Lipinski definition) is 4. The summed E-state index contributed by atoms with van der Waals surface area (Å²) in [6.45, 7) is 0. The number of halogens is 1. The summed E-state index contributed by atoms with van der Waals surface area (Å²) >= 11 is 6.03. The first kappa shape index (κ1) is 12.5. The molecular weight excluding hydrogens is 276 g/mol. The second-order valence-corrected chi connectivity index (χ2v) is 4.56. The Morgan fingerprint density at radius 3 is 2.85 bits per heavy atom. The predicted octanol–water partition coefficient (Wildman–Crippen LogP) is 2.93. The van der Waals surface area contributed by atoms with Gasteiger partial charge in [-0.1, -0.05) is 11.6 Å². The summed E-state index contributed by atoms with van der Waals surface area (Å²) in [5.74, 6) is 1.27. The molecule has 1 aromatic carbocycles. The van der Waals surface area contributed by atoms with E-state index < -0.39 is 0 Å². The number of methoxy groups -OCH3 is 1. The average molecular weight is 285 g/mol. The fourth-order valence-corrected chi connectivity index (χ4v) is 2.17. The number of ether oxygens (including phenoxy) is 1. The Labute approximate surface area is 120 Å². The van der Waals surface area contributed by atoms with Crippen molar-refractivity contribution in [1.29, 1.82) is 5.26 Å². The van der Waals surface area contributed by atoms with Crippen LogP contribution in [0.5, 0.6) is 5.75 Å². The van der Waals surface area contributed by atoms with E-state index in [2.05, 4.69) is 16.3 Å². The quantitative estimate of drug-likeness (QED) is 0.726. The van der Waals surface area contributed by atoms with E-state index in [4.69, 9.17) is 21.6 Å². The molecule has 0 unspecified atom stereocenters. The van der Waals surface area contributed by atoms with Crippen molar-refractivity contribution in [2.45, 2.75) is 0 Å². The number of nitrogens with zero attached hydrogens (tertiary/aromatic N) is 4. The normalized spacial score (nSPS) is 10.4. The summed E-state index contributed by atoms with van der Waals surface area (Å²) in [4.78, 5) is 0. The van der Waals surface area contributed by atoms with E-state index in [9.17, 15) is 0 Å². The fraction of sp³-hybridized carbons (Fsp3) is 0.0714. The molecule has 0 aliphatic rings. The molecule has 2 heterocycles. The van der Waals surface area contributed by atoms with Gasteiger partial charge in [-0.2, -0.15) is 5.26 Å².